The van der Waals surface area contributed by atoms with Gasteiger partial charge in [-0.2, -0.15) is 0 Å². The lowest BCUT2D eigenvalue weighted by Crippen LogP contribution is -2.34. The van der Waals surface area contributed by atoms with Crippen molar-refractivity contribution in [2.45, 2.75) is 19.8 Å². The van der Waals surface area contributed by atoms with Crippen molar-refractivity contribution < 1.29 is 19.1 Å². The molecule has 1 heterocycles. The van der Waals surface area contributed by atoms with Crippen LogP contribution in [-0.4, -0.2) is 32.6 Å². The van der Waals surface area contributed by atoms with Gasteiger partial charge in [0.2, 0.25) is 5.91 Å². The number of hydrogen-bond donors (Lipinski definition) is 1. The molecule has 2 amide bonds. The number of rotatable bonds is 5. The molecule has 1 N–H and O–H groups in total. The Morgan fingerprint density at radius 1 is 1.12 bits per heavy atom. The third kappa shape index (κ3) is 3.22. The first-order valence-electron chi connectivity index (χ1n) is 8.54. The Labute approximate surface area is 152 Å². The normalized spacial score (nSPS) is 13.2. The number of carbonyl (C=O) groups excluding carboxylic acids is 2. The minimum absolute atomic E-state index is 0.135. The second kappa shape index (κ2) is 7.47. The minimum Gasteiger partial charge on any atom is -0.496 e. The molecule has 3 rings (SSSR count). The van der Waals surface area contributed by atoms with E-state index in [4.69, 9.17) is 9.47 Å². The highest BCUT2D eigenvalue weighted by molar-refractivity contribution is 6.08. The van der Waals surface area contributed by atoms with Crippen LogP contribution in [-0.2, 0) is 11.2 Å². The van der Waals surface area contributed by atoms with Gasteiger partial charge in [-0.05, 0) is 49.2 Å². The minimum atomic E-state index is -0.307. The van der Waals surface area contributed by atoms with Crippen LogP contribution < -0.4 is 19.7 Å². The predicted molar refractivity (Wildman–Crippen MR) is 100 cm³/mol. The number of ether oxygens (including phenoxy) is 2. The van der Waals surface area contributed by atoms with Gasteiger partial charge in [0.25, 0.3) is 5.91 Å². The summed E-state index contributed by atoms with van der Waals surface area (Å²) in [5.41, 5.74) is 2.99. The maximum atomic E-state index is 12.8. The van der Waals surface area contributed by atoms with Crippen LogP contribution in [0.5, 0.6) is 11.5 Å². The van der Waals surface area contributed by atoms with E-state index >= 15 is 0 Å². The zero-order valence-corrected chi connectivity index (χ0v) is 15.2. The van der Waals surface area contributed by atoms with Crippen LogP contribution in [0.4, 0.5) is 11.4 Å². The number of nitrogens with zero attached hydrogens (tertiary/aromatic N) is 1. The summed E-state index contributed by atoms with van der Waals surface area (Å²) in [6, 6.07) is 10.8. The highest BCUT2D eigenvalue weighted by Crippen LogP contribution is 2.32. The number of aryl methyl sites for hydroxylation is 1. The van der Waals surface area contributed by atoms with Gasteiger partial charge >= 0.3 is 0 Å². The van der Waals surface area contributed by atoms with E-state index in [1.54, 1.807) is 29.2 Å². The van der Waals surface area contributed by atoms with Gasteiger partial charge in [-0.3, -0.25) is 9.59 Å². The summed E-state index contributed by atoms with van der Waals surface area (Å²) >= 11 is 0. The molecule has 2 aromatic carbocycles. The van der Waals surface area contributed by atoms with Gasteiger partial charge in [-0.25, -0.2) is 0 Å². The predicted octanol–water partition coefficient (Wildman–Crippen LogP) is 3.26. The van der Waals surface area contributed by atoms with E-state index in [1.807, 2.05) is 19.1 Å². The topological polar surface area (TPSA) is 67.9 Å². The average molecular weight is 354 g/mol. The Morgan fingerprint density at radius 3 is 2.42 bits per heavy atom. The number of carbonyl (C=O) groups is 2. The van der Waals surface area contributed by atoms with Crippen molar-refractivity contribution in [3.63, 3.8) is 0 Å². The first kappa shape index (κ1) is 17.8. The molecule has 136 valence electrons. The number of hydrogen-bond acceptors (Lipinski definition) is 4. The van der Waals surface area contributed by atoms with Crippen LogP contribution in [0.15, 0.2) is 36.4 Å². The van der Waals surface area contributed by atoms with E-state index in [1.165, 1.54) is 14.2 Å². The Hall–Kier alpha value is -3.02. The quantitative estimate of drug-likeness (QED) is 0.895. The lowest BCUT2D eigenvalue weighted by atomic mass is 10.0. The van der Waals surface area contributed by atoms with Crippen LogP contribution >= 0.6 is 0 Å². The van der Waals surface area contributed by atoms with Crippen molar-refractivity contribution in [3.05, 3.63) is 47.5 Å². The second-order valence-corrected chi connectivity index (χ2v) is 5.97. The third-order valence-electron chi connectivity index (χ3n) is 4.51. The molecule has 2 aromatic rings. The molecule has 0 aromatic heterocycles. The van der Waals surface area contributed by atoms with Crippen molar-refractivity contribution in [1.82, 2.24) is 0 Å². The van der Waals surface area contributed by atoms with E-state index in [9.17, 15) is 9.59 Å². The molecule has 6 nitrogen and oxygen atoms in total. The zero-order valence-electron chi connectivity index (χ0n) is 15.2. The summed E-state index contributed by atoms with van der Waals surface area (Å²) in [5, 5.41) is 2.90. The molecule has 0 spiro atoms. The Balaban J connectivity index is 1.89. The molecule has 0 fully saturated rings. The summed E-state index contributed by atoms with van der Waals surface area (Å²) in [6.45, 7) is 2.59. The van der Waals surface area contributed by atoms with Crippen molar-refractivity contribution in [2.75, 3.05) is 31.0 Å². The fraction of sp³-hybridized carbons (Fsp3) is 0.300. The number of anilines is 2. The molecule has 0 saturated carbocycles. The molecule has 0 radical (unpaired) electrons. The monoisotopic (exact) mass is 354 g/mol. The summed E-state index contributed by atoms with van der Waals surface area (Å²) in [4.78, 5) is 26.6. The second-order valence-electron chi connectivity index (χ2n) is 5.97. The van der Waals surface area contributed by atoms with E-state index in [0.29, 0.717) is 42.1 Å². The summed E-state index contributed by atoms with van der Waals surface area (Å²) in [6.07, 6.45) is 1.16. The van der Waals surface area contributed by atoms with Crippen molar-refractivity contribution in [1.29, 1.82) is 0 Å². The van der Waals surface area contributed by atoms with Gasteiger partial charge < -0.3 is 19.7 Å². The van der Waals surface area contributed by atoms with Crippen molar-refractivity contribution in [2.24, 2.45) is 0 Å². The maximum Gasteiger partial charge on any atom is 0.263 e. The molecule has 26 heavy (non-hydrogen) atoms. The summed E-state index contributed by atoms with van der Waals surface area (Å²) in [7, 11) is 3.03. The highest BCUT2D eigenvalue weighted by Gasteiger charge is 2.24. The number of nitrogens with one attached hydrogen (secondary N) is 1. The fourth-order valence-electron chi connectivity index (χ4n) is 3.25. The molecule has 0 aliphatic carbocycles. The maximum absolute atomic E-state index is 12.8. The van der Waals surface area contributed by atoms with Gasteiger partial charge in [0.05, 0.1) is 14.2 Å². The molecule has 6 heteroatoms. The van der Waals surface area contributed by atoms with Crippen molar-refractivity contribution >= 4 is 23.2 Å². The largest absolute Gasteiger partial charge is 0.496 e. The smallest absolute Gasteiger partial charge is 0.263 e. The average Bonchev–Trinajstić information content (AvgIpc) is 2.67. The van der Waals surface area contributed by atoms with Crippen LogP contribution in [0.25, 0.3) is 0 Å². The molecule has 0 saturated heterocycles. The lowest BCUT2D eigenvalue weighted by molar-refractivity contribution is -0.118. The number of benzene rings is 2. The molecular formula is C20H22N2O4. The number of amides is 2. The third-order valence-corrected chi connectivity index (χ3v) is 4.51. The Morgan fingerprint density at radius 2 is 1.81 bits per heavy atom. The Bertz CT molecular complexity index is 825. The van der Waals surface area contributed by atoms with Gasteiger partial charge in [0.15, 0.2) is 0 Å². The van der Waals surface area contributed by atoms with Gasteiger partial charge in [-0.15, -0.1) is 0 Å². The molecule has 1 aliphatic rings. The van der Waals surface area contributed by atoms with Gasteiger partial charge in [0.1, 0.15) is 17.1 Å². The van der Waals surface area contributed by atoms with Crippen LogP contribution in [0.1, 0.15) is 29.3 Å². The van der Waals surface area contributed by atoms with E-state index in [-0.39, 0.29) is 11.8 Å². The fourth-order valence-corrected chi connectivity index (χ4v) is 3.25. The van der Waals surface area contributed by atoms with Crippen molar-refractivity contribution in [3.8, 4) is 11.5 Å². The lowest BCUT2D eigenvalue weighted by Gasteiger charge is -2.28. The van der Waals surface area contributed by atoms with Crippen LogP contribution in [0.2, 0.25) is 0 Å². The summed E-state index contributed by atoms with van der Waals surface area (Å²) < 4.78 is 10.6. The highest BCUT2D eigenvalue weighted by atomic mass is 16.5. The SMILES string of the molecule is CCN1C(=O)CCc2cc(NC(=O)c3c(OC)cccc3OC)ccc21. The standard InChI is InChI=1S/C20H22N2O4/c1-4-22-15-10-9-14(12-13(15)8-11-18(22)23)21-20(24)19-16(25-2)6-5-7-17(19)26-3/h5-7,9-10,12H,4,8,11H2,1-3H3,(H,21,24). The zero-order chi connectivity index (χ0) is 18.7. The van der Waals surface area contributed by atoms with Gasteiger partial charge in [0, 0.05) is 24.3 Å². The first-order chi connectivity index (χ1) is 12.6. The van der Waals surface area contributed by atoms with E-state index in [2.05, 4.69) is 5.32 Å². The Kier molecular flexibility index (Phi) is 5.11. The molecule has 0 bridgehead atoms. The molecule has 0 atom stereocenters. The summed E-state index contributed by atoms with van der Waals surface area (Å²) in [5.74, 6) is 0.721. The first-order valence-corrected chi connectivity index (χ1v) is 8.54. The van der Waals surface area contributed by atoms with E-state index in [0.717, 1.165) is 11.3 Å². The number of fused-ring (bicyclic) bond motifs is 1. The molecule has 0 unspecified atom stereocenters. The molecular weight excluding hydrogens is 332 g/mol. The molecule has 1 aliphatic heterocycles. The van der Waals surface area contributed by atoms with E-state index < -0.39 is 0 Å². The van der Waals surface area contributed by atoms with Crippen LogP contribution in [0, 0.1) is 0 Å². The number of methoxy groups -OCH3 is 2. The van der Waals surface area contributed by atoms with Gasteiger partial charge in [-0.1, -0.05) is 6.07 Å². The van der Waals surface area contributed by atoms with Crippen LogP contribution in [0.3, 0.4) is 0 Å².